The van der Waals surface area contributed by atoms with Crippen LogP contribution in [0, 0.1) is 11.3 Å². The normalized spacial score (nSPS) is 17.8. The molecule has 2 aromatic carbocycles. The monoisotopic (exact) mass is 394 g/mol. The van der Waals surface area contributed by atoms with Gasteiger partial charge < -0.3 is 4.90 Å². The standard InChI is InChI=1S/C18H14BrF3N2/c19-15-4-1-12(2-5-15)14-7-8-24(11-14)16-6-3-13(10-23)17(9-16)18(20,21)22/h1-6,9,14H,7-8,11H2/t14-/m0/s1. The van der Waals surface area contributed by atoms with Crippen LogP contribution in [0.15, 0.2) is 46.9 Å². The fourth-order valence-corrected chi connectivity index (χ4v) is 3.33. The maximum absolute atomic E-state index is 13.1. The predicted octanol–water partition coefficient (Wildman–Crippen LogP) is 5.33. The second-order valence-corrected chi connectivity index (χ2v) is 6.74. The van der Waals surface area contributed by atoms with Crippen LogP contribution in [0.4, 0.5) is 18.9 Å². The third-order valence-corrected chi connectivity index (χ3v) is 4.85. The predicted molar refractivity (Wildman–Crippen MR) is 89.9 cm³/mol. The van der Waals surface area contributed by atoms with Crippen LogP contribution >= 0.6 is 15.9 Å². The Balaban J connectivity index is 1.83. The first-order valence-electron chi connectivity index (χ1n) is 7.50. The van der Waals surface area contributed by atoms with Crippen LogP contribution < -0.4 is 4.90 Å². The van der Waals surface area contributed by atoms with Gasteiger partial charge in [-0.2, -0.15) is 18.4 Å². The summed E-state index contributed by atoms with van der Waals surface area (Å²) >= 11 is 3.40. The lowest BCUT2D eigenvalue weighted by atomic mass is 9.99. The number of benzene rings is 2. The molecule has 0 spiro atoms. The van der Waals surface area contributed by atoms with E-state index in [1.807, 2.05) is 29.2 Å². The highest BCUT2D eigenvalue weighted by Gasteiger charge is 2.35. The molecule has 0 N–H and O–H groups in total. The van der Waals surface area contributed by atoms with Gasteiger partial charge in [-0.15, -0.1) is 0 Å². The van der Waals surface area contributed by atoms with Crippen LogP contribution in [0.3, 0.4) is 0 Å². The van der Waals surface area contributed by atoms with E-state index in [4.69, 9.17) is 5.26 Å². The van der Waals surface area contributed by atoms with E-state index in [0.29, 0.717) is 24.7 Å². The van der Waals surface area contributed by atoms with Gasteiger partial charge in [0.15, 0.2) is 0 Å². The lowest BCUT2D eigenvalue weighted by Gasteiger charge is -2.21. The van der Waals surface area contributed by atoms with Gasteiger partial charge in [-0.05, 0) is 42.3 Å². The van der Waals surface area contributed by atoms with Crippen molar-refractivity contribution in [2.75, 3.05) is 18.0 Å². The van der Waals surface area contributed by atoms with Crippen LogP contribution in [-0.4, -0.2) is 13.1 Å². The molecule has 24 heavy (non-hydrogen) atoms. The number of rotatable bonds is 2. The lowest BCUT2D eigenvalue weighted by molar-refractivity contribution is -0.137. The van der Waals surface area contributed by atoms with Gasteiger partial charge >= 0.3 is 6.18 Å². The Hall–Kier alpha value is -2.00. The van der Waals surface area contributed by atoms with Crippen LogP contribution in [0.25, 0.3) is 0 Å². The molecule has 3 rings (SSSR count). The molecule has 0 radical (unpaired) electrons. The van der Waals surface area contributed by atoms with Crippen molar-refractivity contribution in [3.8, 4) is 6.07 Å². The molecule has 1 fully saturated rings. The molecule has 1 saturated heterocycles. The summed E-state index contributed by atoms with van der Waals surface area (Å²) < 4.78 is 40.3. The molecule has 0 aromatic heterocycles. The largest absolute Gasteiger partial charge is 0.417 e. The second kappa shape index (κ2) is 6.48. The Bertz CT molecular complexity index is 778. The van der Waals surface area contributed by atoms with Crippen molar-refractivity contribution in [2.45, 2.75) is 18.5 Å². The molecule has 1 heterocycles. The van der Waals surface area contributed by atoms with Gasteiger partial charge in [0.2, 0.25) is 0 Å². The van der Waals surface area contributed by atoms with Crippen molar-refractivity contribution in [1.29, 1.82) is 5.26 Å². The third-order valence-electron chi connectivity index (χ3n) is 4.32. The minimum Gasteiger partial charge on any atom is -0.371 e. The summed E-state index contributed by atoms with van der Waals surface area (Å²) in [4.78, 5) is 1.95. The highest BCUT2D eigenvalue weighted by molar-refractivity contribution is 9.10. The van der Waals surface area contributed by atoms with E-state index in [2.05, 4.69) is 15.9 Å². The molecule has 2 nitrogen and oxygen atoms in total. The minimum absolute atomic E-state index is 0.295. The first-order valence-corrected chi connectivity index (χ1v) is 8.29. The van der Waals surface area contributed by atoms with E-state index < -0.39 is 11.7 Å². The highest BCUT2D eigenvalue weighted by atomic mass is 79.9. The van der Waals surface area contributed by atoms with E-state index in [0.717, 1.165) is 17.0 Å². The summed E-state index contributed by atoms with van der Waals surface area (Å²) in [7, 11) is 0. The number of halogens is 4. The van der Waals surface area contributed by atoms with Gasteiger partial charge in [0.05, 0.1) is 17.2 Å². The molecule has 0 saturated carbocycles. The fourth-order valence-electron chi connectivity index (χ4n) is 3.06. The number of alkyl halides is 3. The van der Waals surface area contributed by atoms with Crippen molar-refractivity contribution in [3.63, 3.8) is 0 Å². The van der Waals surface area contributed by atoms with Gasteiger partial charge in [-0.25, -0.2) is 0 Å². The summed E-state index contributed by atoms with van der Waals surface area (Å²) in [5.41, 5.74) is 0.496. The Kier molecular flexibility index (Phi) is 4.55. The average molecular weight is 395 g/mol. The summed E-state index contributed by atoms with van der Waals surface area (Å²) in [6.07, 6.45) is -3.63. The average Bonchev–Trinajstić information content (AvgIpc) is 3.04. The van der Waals surface area contributed by atoms with E-state index in [1.54, 1.807) is 12.1 Å². The van der Waals surface area contributed by atoms with Gasteiger partial charge in [0.25, 0.3) is 0 Å². The molecule has 1 aliphatic rings. The molecular weight excluding hydrogens is 381 g/mol. The van der Waals surface area contributed by atoms with Crippen LogP contribution in [0.2, 0.25) is 0 Å². The molecule has 2 aromatic rings. The van der Waals surface area contributed by atoms with Gasteiger partial charge in [0, 0.05) is 29.2 Å². The number of hydrogen-bond donors (Lipinski definition) is 0. The first-order chi connectivity index (χ1) is 11.4. The Labute approximate surface area is 146 Å². The first kappa shape index (κ1) is 16.8. The Morgan fingerprint density at radius 3 is 2.46 bits per heavy atom. The van der Waals surface area contributed by atoms with E-state index in [9.17, 15) is 13.2 Å². The maximum Gasteiger partial charge on any atom is 0.417 e. The summed E-state index contributed by atoms with van der Waals surface area (Å²) in [6.45, 7) is 1.37. The molecule has 6 heteroatoms. The molecule has 1 atom stereocenters. The fraction of sp³-hybridized carbons (Fsp3) is 0.278. The van der Waals surface area contributed by atoms with Crippen LogP contribution in [-0.2, 0) is 6.18 Å². The molecule has 0 aliphatic carbocycles. The maximum atomic E-state index is 13.1. The van der Waals surface area contributed by atoms with Crippen molar-refractivity contribution in [1.82, 2.24) is 0 Å². The van der Waals surface area contributed by atoms with Gasteiger partial charge in [-0.1, -0.05) is 28.1 Å². The SMILES string of the molecule is N#Cc1ccc(N2CC[C@H](c3ccc(Br)cc3)C2)cc1C(F)(F)F. The molecule has 0 bridgehead atoms. The van der Waals surface area contributed by atoms with Crippen molar-refractivity contribution < 1.29 is 13.2 Å². The number of nitriles is 1. The van der Waals surface area contributed by atoms with E-state index >= 15 is 0 Å². The highest BCUT2D eigenvalue weighted by Crippen LogP contribution is 2.37. The zero-order valence-electron chi connectivity index (χ0n) is 12.6. The molecule has 1 aliphatic heterocycles. The molecule has 0 unspecified atom stereocenters. The van der Waals surface area contributed by atoms with Gasteiger partial charge in [-0.3, -0.25) is 0 Å². The summed E-state index contributed by atoms with van der Waals surface area (Å²) in [5.74, 6) is 0.295. The number of nitrogens with zero attached hydrogens (tertiary/aromatic N) is 2. The minimum atomic E-state index is -4.52. The summed E-state index contributed by atoms with van der Waals surface area (Å²) in [5, 5.41) is 8.88. The van der Waals surface area contributed by atoms with E-state index in [1.165, 1.54) is 11.6 Å². The number of hydrogen-bond acceptors (Lipinski definition) is 2. The zero-order chi connectivity index (χ0) is 17.3. The van der Waals surface area contributed by atoms with Gasteiger partial charge in [0.1, 0.15) is 0 Å². The summed E-state index contributed by atoms with van der Waals surface area (Å²) in [6, 6.07) is 13.6. The molecule has 0 amide bonds. The third kappa shape index (κ3) is 3.41. The quantitative estimate of drug-likeness (QED) is 0.687. The molecule has 124 valence electrons. The lowest BCUT2D eigenvalue weighted by Crippen LogP contribution is -2.20. The van der Waals surface area contributed by atoms with E-state index in [-0.39, 0.29) is 5.56 Å². The van der Waals surface area contributed by atoms with Crippen molar-refractivity contribution >= 4 is 21.6 Å². The smallest absolute Gasteiger partial charge is 0.371 e. The van der Waals surface area contributed by atoms with Crippen LogP contribution in [0.5, 0.6) is 0 Å². The Morgan fingerprint density at radius 2 is 1.83 bits per heavy atom. The topological polar surface area (TPSA) is 27.0 Å². The Morgan fingerprint density at radius 1 is 1.12 bits per heavy atom. The second-order valence-electron chi connectivity index (χ2n) is 5.82. The van der Waals surface area contributed by atoms with Crippen molar-refractivity contribution in [2.24, 2.45) is 0 Å². The number of anilines is 1. The van der Waals surface area contributed by atoms with Crippen molar-refractivity contribution in [3.05, 3.63) is 63.6 Å². The zero-order valence-corrected chi connectivity index (χ0v) is 14.2. The van der Waals surface area contributed by atoms with Crippen LogP contribution in [0.1, 0.15) is 29.0 Å². The molecular formula is C18H14BrF3N2.